The number of amides is 2. The minimum absolute atomic E-state index is 0.0492. The maximum absolute atomic E-state index is 11.7. The summed E-state index contributed by atoms with van der Waals surface area (Å²) in [7, 11) is 1.79. The molecule has 0 aliphatic heterocycles. The van der Waals surface area contributed by atoms with Crippen molar-refractivity contribution in [2.45, 2.75) is 27.2 Å². The topological polar surface area (TPSA) is 32.3 Å². The fraction of sp³-hybridized carbons (Fsp3) is 0.462. The lowest BCUT2D eigenvalue weighted by Crippen LogP contribution is -2.37. The van der Waals surface area contributed by atoms with Gasteiger partial charge in [0.15, 0.2) is 0 Å². The van der Waals surface area contributed by atoms with Crippen molar-refractivity contribution in [3.8, 4) is 0 Å². The van der Waals surface area contributed by atoms with Crippen LogP contribution in [-0.4, -0.2) is 19.6 Å². The van der Waals surface area contributed by atoms with Crippen molar-refractivity contribution >= 4 is 11.7 Å². The highest BCUT2D eigenvalue weighted by Crippen LogP contribution is 2.17. The SMILES string of the molecule is CCCNC(=O)N(C)c1cc(C)cc(C)c1. The average Bonchev–Trinajstić information content (AvgIpc) is 2.23. The van der Waals surface area contributed by atoms with Crippen LogP contribution < -0.4 is 10.2 Å². The van der Waals surface area contributed by atoms with Gasteiger partial charge < -0.3 is 5.32 Å². The van der Waals surface area contributed by atoms with Gasteiger partial charge in [0.1, 0.15) is 0 Å². The van der Waals surface area contributed by atoms with Gasteiger partial charge in [0.2, 0.25) is 0 Å². The van der Waals surface area contributed by atoms with Crippen molar-refractivity contribution in [1.82, 2.24) is 5.32 Å². The molecule has 0 spiro atoms. The fourth-order valence-corrected chi connectivity index (χ4v) is 1.61. The van der Waals surface area contributed by atoms with Gasteiger partial charge in [-0.25, -0.2) is 4.79 Å². The molecule has 0 radical (unpaired) electrons. The highest BCUT2D eigenvalue weighted by atomic mass is 16.2. The molecule has 88 valence electrons. The number of nitrogens with one attached hydrogen (secondary N) is 1. The quantitative estimate of drug-likeness (QED) is 0.834. The zero-order valence-electron chi connectivity index (χ0n) is 10.5. The second-order valence-electron chi connectivity index (χ2n) is 4.14. The molecule has 1 N–H and O–H groups in total. The molecule has 16 heavy (non-hydrogen) atoms. The zero-order chi connectivity index (χ0) is 12.1. The van der Waals surface area contributed by atoms with Gasteiger partial charge in [0.25, 0.3) is 0 Å². The molecule has 0 heterocycles. The van der Waals surface area contributed by atoms with Crippen molar-refractivity contribution in [2.24, 2.45) is 0 Å². The van der Waals surface area contributed by atoms with Crippen molar-refractivity contribution in [2.75, 3.05) is 18.5 Å². The highest BCUT2D eigenvalue weighted by Gasteiger charge is 2.09. The van der Waals surface area contributed by atoms with Gasteiger partial charge in [-0.1, -0.05) is 13.0 Å². The third kappa shape index (κ3) is 3.26. The average molecular weight is 220 g/mol. The van der Waals surface area contributed by atoms with Crippen LogP contribution in [0.15, 0.2) is 18.2 Å². The minimum atomic E-state index is -0.0492. The molecular formula is C13H20N2O. The van der Waals surface area contributed by atoms with Crippen LogP contribution in [0.3, 0.4) is 0 Å². The minimum Gasteiger partial charge on any atom is -0.338 e. The summed E-state index contributed by atoms with van der Waals surface area (Å²) in [5.74, 6) is 0. The smallest absolute Gasteiger partial charge is 0.321 e. The first-order chi connectivity index (χ1) is 7.54. The van der Waals surface area contributed by atoms with Crippen molar-refractivity contribution < 1.29 is 4.79 Å². The molecule has 0 atom stereocenters. The molecule has 2 amide bonds. The lowest BCUT2D eigenvalue weighted by Gasteiger charge is -2.19. The van der Waals surface area contributed by atoms with E-state index in [4.69, 9.17) is 0 Å². The van der Waals surface area contributed by atoms with E-state index in [-0.39, 0.29) is 6.03 Å². The molecule has 3 heteroatoms. The summed E-state index contributed by atoms with van der Waals surface area (Å²) in [6, 6.07) is 6.07. The third-order valence-corrected chi connectivity index (χ3v) is 2.42. The molecule has 3 nitrogen and oxygen atoms in total. The van der Waals surface area contributed by atoms with Gasteiger partial charge in [-0.2, -0.15) is 0 Å². The molecule has 0 aliphatic rings. The van der Waals surface area contributed by atoms with E-state index in [0.717, 1.165) is 12.1 Å². The summed E-state index contributed by atoms with van der Waals surface area (Å²) in [5.41, 5.74) is 3.28. The lowest BCUT2D eigenvalue weighted by atomic mass is 10.1. The fourth-order valence-electron chi connectivity index (χ4n) is 1.61. The first-order valence-electron chi connectivity index (χ1n) is 5.64. The summed E-state index contributed by atoms with van der Waals surface area (Å²) in [4.78, 5) is 13.4. The molecule has 1 aromatic rings. The summed E-state index contributed by atoms with van der Waals surface area (Å²) >= 11 is 0. The van der Waals surface area contributed by atoms with Gasteiger partial charge in [0, 0.05) is 19.3 Å². The number of urea groups is 1. The van der Waals surface area contributed by atoms with Crippen LogP contribution in [0, 0.1) is 13.8 Å². The Hall–Kier alpha value is -1.51. The Labute approximate surface area is 97.5 Å². The van der Waals surface area contributed by atoms with Gasteiger partial charge in [0.05, 0.1) is 0 Å². The number of hydrogen-bond acceptors (Lipinski definition) is 1. The Morgan fingerprint density at radius 3 is 2.31 bits per heavy atom. The maximum atomic E-state index is 11.7. The molecule has 0 saturated heterocycles. The van der Waals surface area contributed by atoms with Crippen LogP contribution in [0.4, 0.5) is 10.5 Å². The summed E-state index contributed by atoms with van der Waals surface area (Å²) in [6.07, 6.45) is 0.951. The summed E-state index contributed by atoms with van der Waals surface area (Å²) < 4.78 is 0. The number of carbonyl (C=O) groups is 1. The van der Waals surface area contributed by atoms with Crippen LogP contribution in [0.2, 0.25) is 0 Å². The number of nitrogens with zero attached hydrogens (tertiary/aromatic N) is 1. The molecule has 0 bridgehead atoms. The molecule has 0 aromatic heterocycles. The summed E-state index contributed by atoms with van der Waals surface area (Å²) in [6.45, 7) is 6.83. The van der Waals surface area contributed by atoms with Gasteiger partial charge in [-0.05, 0) is 43.5 Å². The molecule has 1 aromatic carbocycles. The predicted molar refractivity (Wildman–Crippen MR) is 68.0 cm³/mol. The predicted octanol–water partition coefficient (Wildman–Crippen LogP) is 2.86. The zero-order valence-corrected chi connectivity index (χ0v) is 10.5. The highest BCUT2D eigenvalue weighted by molar-refractivity contribution is 5.91. The Morgan fingerprint density at radius 2 is 1.81 bits per heavy atom. The number of benzene rings is 1. The van der Waals surface area contributed by atoms with E-state index in [1.807, 2.05) is 32.9 Å². The number of anilines is 1. The molecule has 0 fully saturated rings. The molecule has 1 rings (SSSR count). The Balaban J connectivity index is 2.79. The van der Waals surface area contributed by atoms with E-state index < -0.39 is 0 Å². The number of carbonyl (C=O) groups excluding carboxylic acids is 1. The summed E-state index contributed by atoms with van der Waals surface area (Å²) in [5, 5.41) is 2.86. The molecule has 0 saturated carbocycles. The van der Waals surface area contributed by atoms with Crippen molar-refractivity contribution in [1.29, 1.82) is 0 Å². The van der Waals surface area contributed by atoms with E-state index in [1.54, 1.807) is 11.9 Å². The van der Waals surface area contributed by atoms with E-state index in [9.17, 15) is 4.79 Å². The standard InChI is InChI=1S/C13H20N2O/c1-5-6-14-13(16)15(4)12-8-10(2)7-11(3)9-12/h7-9H,5-6H2,1-4H3,(H,14,16). The maximum Gasteiger partial charge on any atom is 0.321 e. The van der Waals surface area contributed by atoms with Gasteiger partial charge >= 0.3 is 6.03 Å². The Morgan fingerprint density at radius 1 is 1.25 bits per heavy atom. The second kappa shape index (κ2) is 5.54. The van der Waals surface area contributed by atoms with Crippen LogP contribution >= 0.6 is 0 Å². The number of hydrogen-bond donors (Lipinski definition) is 1. The van der Waals surface area contributed by atoms with E-state index in [0.29, 0.717) is 6.54 Å². The van der Waals surface area contributed by atoms with Crippen molar-refractivity contribution in [3.05, 3.63) is 29.3 Å². The van der Waals surface area contributed by atoms with E-state index in [2.05, 4.69) is 11.4 Å². The van der Waals surface area contributed by atoms with Crippen molar-refractivity contribution in [3.63, 3.8) is 0 Å². The van der Waals surface area contributed by atoms with Crippen LogP contribution in [0.5, 0.6) is 0 Å². The van der Waals surface area contributed by atoms with Crippen LogP contribution in [-0.2, 0) is 0 Å². The third-order valence-electron chi connectivity index (χ3n) is 2.42. The normalized spacial score (nSPS) is 10.0. The first-order valence-corrected chi connectivity index (χ1v) is 5.64. The van der Waals surface area contributed by atoms with Crippen LogP contribution in [0.1, 0.15) is 24.5 Å². The Bertz CT molecular complexity index is 354. The molecular weight excluding hydrogens is 200 g/mol. The second-order valence-corrected chi connectivity index (χ2v) is 4.14. The lowest BCUT2D eigenvalue weighted by molar-refractivity contribution is 0.247. The molecule has 0 aliphatic carbocycles. The first kappa shape index (κ1) is 12.6. The number of aryl methyl sites for hydroxylation is 2. The van der Waals surface area contributed by atoms with Crippen LogP contribution in [0.25, 0.3) is 0 Å². The number of rotatable bonds is 3. The van der Waals surface area contributed by atoms with Gasteiger partial charge in [-0.15, -0.1) is 0 Å². The van der Waals surface area contributed by atoms with E-state index in [1.165, 1.54) is 11.1 Å². The Kier molecular flexibility index (Phi) is 4.35. The van der Waals surface area contributed by atoms with Gasteiger partial charge in [-0.3, -0.25) is 4.90 Å². The monoisotopic (exact) mass is 220 g/mol. The molecule has 0 unspecified atom stereocenters. The van der Waals surface area contributed by atoms with E-state index >= 15 is 0 Å². The largest absolute Gasteiger partial charge is 0.338 e.